The van der Waals surface area contributed by atoms with Gasteiger partial charge in [0.25, 0.3) is 0 Å². The zero-order chi connectivity index (χ0) is 15.1. The zero-order valence-electron chi connectivity index (χ0n) is 11.6. The fraction of sp³-hybridized carbons (Fsp3) is 0.500. The number of carboxylic acids is 1. The van der Waals surface area contributed by atoms with Crippen molar-refractivity contribution in [2.45, 2.75) is 32.9 Å². The predicted molar refractivity (Wildman–Crippen MR) is 71.0 cm³/mol. The standard InChI is InChI=1S/C14H19F2NO3/c1-3-8-17(9-13(18)19)10(2)11-4-6-12(7-5-11)20-14(15)16/h4-7,10,14H,3,8-9H2,1-2H3,(H,18,19). The van der Waals surface area contributed by atoms with Gasteiger partial charge in [-0.15, -0.1) is 0 Å². The molecule has 0 bridgehead atoms. The molecule has 1 aromatic carbocycles. The first-order valence-corrected chi connectivity index (χ1v) is 6.44. The van der Waals surface area contributed by atoms with Crippen molar-refractivity contribution in [1.29, 1.82) is 0 Å². The van der Waals surface area contributed by atoms with Crippen molar-refractivity contribution in [2.75, 3.05) is 13.1 Å². The van der Waals surface area contributed by atoms with Crippen LogP contribution in [-0.4, -0.2) is 35.7 Å². The summed E-state index contributed by atoms with van der Waals surface area (Å²) in [7, 11) is 0. The summed E-state index contributed by atoms with van der Waals surface area (Å²) in [5.74, 6) is -0.792. The van der Waals surface area contributed by atoms with Gasteiger partial charge in [0, 0.05) is 6.04 Å². The molecule has 0 spiro atoms. The van der Waals surface area contributed by atoms with E-state index in [1.807, 2.05) is 18.7 Å². The van der Waals surface area contributed by atoms with Gasteiger partial charge in [-0.05, 0) is 37.6 Å². The smallest absolute Gasteiger partial charge is 0.387 e. The van der Waals surface area contributed by atoms with Crippen LogP contribution in [0.3, 0.4) is 0 Å². The van der Waals surface area contributed by atoms with Crippen LogP contribution in [-0.2, 0) is 4.79 Å². The Morgan fingerprint density at radius 3 is 2.40 bits per heavy atom. The molecule has 0 aliphatic carbocycles. The first-order chi connectivity index (χ1) is 9.43. The second-order valence-corrected chi connectivity index (χ2v) is 4.49. The third kappa shape index (κ3) is 5.13. The molecule has 1 rings (SSSR count). The van der Waals surface area contributed by atoms with Gasteiger partial charge in [-0.2, -0.15) is 8.78 Å². The molecule has 4 nitrogen and oxygen atoms in total. The number of ether oxygens (including phenoxy) is 1. The molecule has 0 aliphatic heterocycles. The molecule has 1 N–H and O–H groups in total. The molecule has 1 aromatic rings. The molecule has 1 unspecified atom stereocenters. The van der Waals surface area contributed by atoms with Crippen molar-refractivity contribution < 1.29 is 23.4 Å². The van der Waals surface area contributed by atoms with E-state index in [0.29, 0.717) is 6.54 Å². The summed E-state index contributed by atoms with van der Waals surface area (Å²) < 4.78 is 28.4. The summed E-state index contributed by atoms with van der Waals surface area (Å²) in [6.07, 6.45) is 0.837. The first kappa shape index (κ1) is 16.4. The molecular formula is C14H19F2NO3. The summed E-state index contributed by atoms with van der Waals surface area (Å²) in [6, 6.07) is 6.16. The summed E-state index contributed by atoms with van der Waals surface area (Å²) in [4.78, 5) is 12.7. The summed E-state index contributed by atoms with van der Waals surface area (Å²) in [6.45, 7) is 1.62. The van der Waals surface area contributed by atoms with E-state index in [9.17, 15) is 13.6 Å². The number of hydrogen-bond donors (Lipinski definition) is 1. The van der Waals surface area contributed by atoms with E-state index in [1.165, 1.54) is 12.1 Å². The van der Waals surface area contributed by atoms with E-state index < -0.39 is 12.6 Å². The Labute approximate surface area is 117 Å². The normalized spacial score (nSPS) is 12.7. The highest BCUT2D eigenvalue weighted by Crippen LogP contribution is 2.23. The highest BCUT2D eigenvalue weighted by molar-refractivity contribution is 5.69. The van der Waals surface area contributed by atoms with E-state index in [0.717, 1.165) is 12.0 Å². The van der Waals surface area contributed by atoms with Crippen LogP contribution < -0.4 is 4.74 Å². The van der Waals surface area contributed by atoms with Gasteiger partial charge >= 0.3 is 12.6 Å². The van der Waals surface area contributed by atoms with Crippen molar-refractivity contribution in [1.82, 2.24) is 4.90 Å². The zero-order valence-corrected chi connectivity index (χ0v) is 11.6. The maximum absolute atomic E-state index is 12.1. The maximum atomic E-state index is 12.1. The second-order valence-electron chi connectivity index (χ2n) is 4.49. The van der Waals surface area contributed by atoms with Crippen LogP contribution in [0.15, 0.2) is 24.3 Å². The fourth-order valence-corrected chi connectivity index (χ4v) is 2.01. The van der Waals surface area contributed by atoms with Crippen LogP contribution in [0.5, 0.6) is 5.75 Å². The van der Waals surface area contributed by atoms with Crippen molar-refractivity contribution in [3.8, 4) is 5.75 Å². The molecule has 0 aromatic heterocycles. The lowest BCUT2D eigenvalue weighted by Gasteiger charge is -2.27. The third-order valence-corrected chi connectivity index (χ3v) is 2.98. The highest BCUT2D eigenvalue weighted by Gasteiger charge is 2.17. The van der Waals surface area contributed by atoms with Gasteiger partial charge in [-0.3, -0.25) is 9.69 Å². The third-order valence-electron chi connectivity index (χ3n) is 2.98. The molecule has 0 saturated carbocycles. The monoisotopic (exact) mass is 287 g/mol. The second kappa shape index (κ2) is 7.79. The Balaban J connectivity index is 2.77. The minimum atomic E-state index is -2.85. The number of nitrogens with zero attached hydrogens (tertiary/aromatic N) is 1. The fourth-order valence-electron chi connectivity index (χ4n) is 2.01. The molecule has 0 radical (unpaired) electrons. The number of rotatable bonds is 8. The van der Waals surface area contributed by atoms with Crippen molar-refractivity contribution in [3.05, 3.63) is 29.8 Å². The van der Waals surface area contributed by atoms with Crippen LogP contribution in [0.1, 0.15) is 31.9 Å². The molecule has 0 heterocycles. The molecule has 0 amide bonds. The lowest BCUT2D eigenvalue weighted by molar-refractivity contribution is -0.138. The summed E-state index contributed by atoms with van der Waals surface area (Å²) in [5.41, 5.74) is 0.862. The lowest BCUT2D eigenvalue weighted by Crippen LogP contribution is -2.33. The quantitative estimate of drug-likeness (QED) is 0.798. The molecule has 0 saturated heterocycles. The average molecular weight is 287 g/mol. The Bertz CT molecular complexity index is 423. The van der Waals surface area contributed by atoms with Gasteiger partial charge in [0.05, 0.1) is 6.54 Å². The number of alkyl halides is 2. The highest BCUT2D eigenvalue weighted by atomic mass is 19.3. The van der Waals surface area contributed by atoms with E-state index >= 15 is 0 Å². The summed E-state index contributed by atoms with van der Waals surface area (Å²) >= 11 is 0. The van der Waals surface area contributed by atoms with Gasteiger partial charge in [-0.25, -0.2) is 0 Å². The minimum Gasteiger partial charge on any atom is -0.480 e. The van der Waals surface area contributed by atoms with Crippen molar-refractivity contribution in [2.24, 2.45) is 0 Å². The molecule has 112 valence electrons. The Morgan fingerprint density at radius 1 is 1.35 bits per heavy atom. The van der Waals surface area contributed by atoms with E-state index in [1.54, 1.807) is 12.1 Å². The van der Waals surface area contributed by atoms with Crippen LogP contribution >= 0.6 is 0 Å². The maximum Gasteiger partial charge on any atom is 0.387 e. The summed E-state index contributed by atoms with van der Waals surface area (Å²) in [5, 5.41) is 8.90. The van der Waals surface area contributed by atoms with Gasteiger partial charge in [0.2, 0.25) is 0 Å². The SMILES string of the molecule is CCCN(CC(=O)O)C(C)c1ccc(OC(F)F)cc1. The first-order valence-electron chi connectivity index (χ1n) is 6.44. The molecule has 20 heavy (non-hydrogen) atoms. The Morgan fingerprint density at radius 2 is 1.95 bits per heavy atom. The van der Waals surface area contributed by atoms with Crippen molar-refractivity contribution in [3.63, 3.8) is 0 Å². The Kier molecular flexibility index (Phi) is 6.38. The number of aliphatic carboxylic acids is 1. The number of carboxylic acid groups (broad SMARTS) is 1. The van der Waals surface area contributed by atoms with Gasteiger partial charge in [-0.1, -0.05) is 19.1 Å². The van der Waals surface area contributed by atoms with Gasteiger partial charge in [0.1, 0.15) is 5.75 Å². The van der Waals surface area contributed by atoms with Crippen LogP contribution in [0.2, 0.25) is 0 Å². The topological polar surface area (TPSA) is 49.8 Å². The lowest BCUT2D eigenvalue weighted by atomic mass is 10.1. The largest absolute Gasteiger partial charge is 0.480 e. The molecule has 0 aliphatic rings. The molecular weight excluding hydrogens is 268 g/mol. The average Bonchev–Trinajstić information content (AvgIpc) is 2.37. The van der Waals surface area contributed by atoms with Gasteiger partial charge < -0.3 is 9.84 Å². The molecule has 0 fully saturated rings. The number of hydrogen-bond acceptors (Lipinski definition) is 3. The number of halogens is 2. The van der Waals surface area contributed by atoms with Crippen molar-refractivity contribution >= 4 is 5.97 Å². The number of carbonyl (C=O) groups is 1. The number of benzene rings is 1. The predicted octanol–water partition coefficient (Wildman–Crippen LogP) is 3.15. The minimum absolute atomic E-state index is 0.0513. The van der Waals surface area contributed by atoms with Crippen LogP contribution in [0, 0.1) is 0 Å². The molecule has 1 atom stereocenters. The van der Waals surface area contributed by atoms with E-state index in [2.05, 4.69) is 4.74 Å². The van der Waals surface area contributed by atoms with Crippen LogP contribution in [0.25, 0.3) is 0 Å². The van der Waals surface area contributed by atoms with E-state index in [-0.39, 0.29) is 18.3 Å². The van der Waals surface area contributed by atoms with E-state index in [4.69, 9.17) is 5.11 Å². The Hall–Kier alpha value is -1.69. The van der Waals surface area contributed by atoms with Crippen LogP contribution in [0.4, 0.5) is 8.78 Å². The van der Waals surface area contributed by atoms with Gasteiger partial charge in [0.15, 0.2) is 0 Å². The molecule has 6 heteroatoms.